The van der Waals surface area contributed by atoms with Crippen molar-refractivity contribution < 1.29 is 28.8 Å². The minimum atomic E-state index is -0.884. The van der Waals surface area contributed by atoms with Crippen LogP contribution in [0.4, 0.5) is 0 Å². The molecule has 1 spiro atoms. The van der Waals surface area contributed by atoms with E-state index in [1.807, 2.05) is 26.0 Å². The molecule has 0 amide bonds. The highest BCUT2D eigenvalue weighted by molar-refractivity contribution is 5.74. The van der Waals surface area contributed by atoms with Crippen molar-refractivity contribution in [3.63, 3.8) is 0 Å². The number of nitrogens with zero attached hydrogens (tertiary/aromatic N) is 1. The van der Waals surface area contributed by atoms with Gasteiger partial charge in [0.1, 0.15) is 5.75 Å². The molecule has 5 saturated heterocycles. The predicted molar refractivity (Wildman–Crippen MR) is 98.0 cm³/mol. The molecule has 0 saturated carbocycles. The molecule has 2 bridgehead atoms. The van der Waals surface area contributed by atoms with Crippen LogP contribution >= 0.6 is 0 Å². The van der Waals surface area contributed by atoms with Crippen LogP contribution in [0.1, 0.15) is 38.7 Å². The van der Waals surface area contributed by atoms with Crippen molar-refractivity contribution in [2.45, 2.75) is 63.4 Å². The van der Waals surface area contributed by atoms with Crippen molar-refractivity contribution in [1.82, 2.24) is 4.90 Å². The first-order valence-corrected chi connectivity index (χ1v) is 10.1. The standard InChI is InChI=1S/C21H27NO6/c1-13-16-9-11-22(12-14-4-6-15(24-3)7-5-14)17-8-10-20(2)26-19(25-18(13)23)21(16,17)28-27-20/h4-7,13,16-17,19H,8-12H2,1-3H3/t13-,16+,17-,19-,20-,21-/m1/s1. The summed E-state index contributed by atoms with van der Waals surface area (Å²) in [6, 6.07) is 8.20. The fraction of sp³-hybridized carbons (Fsp3) is 0.667. The molecular weight excluding hydrogens is 362 g/mol. The lowest BCUT2D eigenvalue weighted by molar-refractivity contribution is -0.557. The first kappa shape index (κ1) is 18.4. The molecule has 1 aromatic rings. The van der Waals surface area contributed by atoms with E-state index < -0.39 is 17.7 Å². The van der Waals surface area contributed by atoms with E-state index in [1.165, 1.54) is 5.56 Å². The van der Waals surface area contributed by atoms with Crippen LogP contribution < -0.4 is 4.74 Å². The van der Waals surface area contributed by atoms with Gasteiger partial charge in [-0.2, -0.15) is 0 Å². The summed E-state index contributed by atoms with van der Waals surface area (Å²) in [5, 5.41) is 0. The molecule has 0 aromatic heterocycles. The summed E-state index contributed by atoms with van der Waals surface area (Å²) in [5.41, 5.74) is 0.425. The van der Waals surface area contributed by atoms with Crippen molar-refractivity contribution in [3.05, 3.63) is 29.8 Å². The van der Waals surface area contributed by atoms with E-state index in [9.17, 15) is 4.79 Å². The zero-order valence-corrected chi connectivity index (χ0v) is 16.6. The van der Waals surface area contributed by atoms with Gasteiger partial charge in [0.15, 0.2) is 5.60 Å². The second kappa shape index (κ2) is 6.42. The predicted octanol–water partition coefficient (Wildman–Crippen LogP) is 2.63. The van der Waals surface area contributed by atoms with Crippen molar-refractivity contribution in [2.75, 3.05) is 13.7 Å². The highest BCUT2D eigenvalue weighted by Crippen LogP contribution is 2.55. The van der Waals surface area contributed by atoms with Crippen molar-refractivity contribution in [2.24, 2.45) is 11.8 Å². The zero-order chi connectivity index (χ0) is 19.5. The molecular formula is C21H27NO6. The third kappa shape index (κ3) is 2.60. The average molecular weight is 389 g/mol. The molecule has 7 nitrogen and oxygen atoms in total. The van der Waals surface area contributed by atoms with E-state index in [4.69, 9.17) is 24.0 Å². The smallest absolute Gasteiger partial charge is 0.311 e. The summed E-state index contributed by atoms with van der Waals surface area (Å²) >= 11 is 0. The van der Waals surface area contributed by atoms with Gasteiger partial charge >= 0.3 is 5.97 Å². The summed E-state index contributed by atoms with van der Waals surface area (Å²) in [6.45, 7) is 5.47. The molecule has 0 radical (unpaired) electrons. The number of rotatable bonds is 3. The summed E-state index contributed by atoms with van der Waals surface area (Å²) in [5.74, 6) is -0.470. The SMILES string of the molecule is COc1ccc(CN2CC[C@H]3[C@@H](C)C(=O)O[C@@H]4O[C@@]5(C)CC[C@@H]2[C@@]43OO5)cc1. The molecule has 152 valence electrons. The second-order valence-corrected chi connectivity index (χ2v) is 8.60. The number of esters is 1. The second-order valence-electron chi connectivity index (χ2n) is 8.60. The number of carbonyl (C=O) groups is 1. The van der Waals surface area contributed by atoms with Crippen LogP contribution in [0.5, 0.6) is 5.75 Å². The van der Waals surface area contributed by atoms with E-state index in [0.717, 1.165) is 31.7 Å². The Bertz CT molecular complexity index is 769. The van der Waals surface area contributed by atoms with Crippen molar-refractivity contribution in [1.29, 1.82) is 0 Å². The maximum atomic E-state index is 12.4. The molecule has 5 aliphatic heterocycles. The highest BCUT2D eigenvalue weighted by atomic mass is 17.3. The van der Waals surface area contributed by atoms with Gasteiger partial charge in [0, 0.05) is 24.9 Å². The molecule has 5 aliphatic rings. The third-order valence-corrected chi connectivity index (χ3v) is 6.97. The maximum Gasteiger partial charge on any atom is 0.311 e. The number of hydrogen-bond donors (Lipinski definition) is 0. The normalized spacial score (nSPS) is 42.5. The molecule has 0 unspecified atom stereocenters. The number of ether oxygens (including phenoxy) is 3. The lowest BCUT2D eigenvalue weighted by Gasteiger charge is -2.58. The summed E-state index contributed by atoms with van der Waals surface area (Å²) < 4.78 is 17.1. The van der Waals surface area contributed by atoms with Gasteiger partial charge in [-0.25, -0.2) is 9.78 Å². The molecule has 6 rings (SSSR count). The molecule has 5 heterocycles. The van der Waals surface area contributed by atoms with Crippen molar-refractivity contribution in [3.8, 4) is 5.75 Å². The Kier molecular flexibility index (Phi) is 4.21. The number of likely N-dealkylation sites (tertiary alicyclic amines) is 1. The van der Waals surface area contributed by atoms with Crippen molar-refractivity contribution >= 4 is 5.97 Å². The summed E-state index contributed by atoms with van der Waals surface area (Å²) in [6.07, 6.45) is 1.66. The van der Waals surface area contributed by atoms with Gasteiger partial charge in [0.2, 0.25) is 12.1 Å². The highest BCUT2D eigenvalue weighted by Gasteiger charge is 2.70. The van der Waals surface area contributed by atoms with Crippen LogP contribution in [0.25, 0.3) is 0 Å². The molecule has 0 aliphatic carbocycles. The van der Waals surface area contributed by atoms with Crippen LogP contribution in [0.3, 0.4) is 0 Å². The number of piperidine rings is 1. The number of fused-ring (bicyclic) bond motifs is 2. The van der Waals surface area contributed by atoms with Crippen LogP contribution in [-0.4, -0.2) is 48.2 Å². The fourth-order valence-electron chi connectivity index (χ4n) is 5.40. The van der Waals surface area contributed by atoms with Crippen LogP contribution in [0, 0.1) is 11.8 Å². The van der Waals surface area contributed by atoms with E-state index in [0.29, 0.717) is 6.42 Å². The number of hydrogen-bond acceptors (Lipinski definition) is 7. The Hall–Kier alpha value is -1.67. The molecule has 28 heavy (non-hydrogen) atoms. The third-order valence-electron chi connectivity index (χ3n) is 6.97. The molecule has 1 aromatic carbocycles. The Balaban J connectivity index is 1.49. The van der Waals surface area contributed by atoms with E-state index in [1.54, 1.807) is 7.11 Å². The Morgan fingerprint density at radius 2 is 2.00 bits per heavy atom. The number of benzene rings is 1. The first-order valence-electron chi connectivity index (χ1n) is 10.1. The first-order chi connectivity index (χ1) is 13.4. The lowest BCUT2D eigenvalue weighted by Crippen LogP contribution is -2.74. The quantitative estimate of drug-likeness (QED) is 0.582. The summed E-state index contributed by atoms with van der Waals surface area (Å²) in [4.78, 5) is 26.7. The topological polar surface area (TPSA) is 66.5 Å². The van der Waals surface area contributed by atoms with Gasteiger partial charge in [-0.05, 0) is 44.0 Å². The van der Waals surface area contributed by atoms with Gasteiger partial charge < -0.3 is 14.2 Å². The van der Waals surface area contributed by atoms with Crippen LogP contribution in [0.15, 0.2) is 24.3 Å². The minimum absolute atomic E-state index is 0.0125. The fourth-order valence-corrected chi connectivity index (χ4v) is 5.40. The van der Waals surface area contributed by atoms with Crippen LogP contribution in [0.2, 0.25) is 0 Å². The Morgan fingerprint density at radius 3 is 2.75 bits per heavy atom. The summed E-state index contributed by atoms with van der Waals surface area (Å²) in [7, 11) is 1.67. The van der Waals surface area contributed by atoms with Gasteiger partial charge in [0.05, 0.1) is 13.0 Å². The molecule has 7 heteroatoms. The van der Waals surface area contributed by atoms with Crippen LogP contribution in [-0.2, 0) is 30.6 Å². The van der Waals surface area contributed by atoms with E-state index in [2.05, 4.69) is 17.0 Å². The minimum Gasteiger partial charge on any atom is -0.497 e. The molecule has 5 fully saturated rings. The van der Waals surface area contributed by atoms with E-state index in [-0.39, 0.29) is 23.8 Å². The van der Waals surface area contributed by atoms with Gasteiger partial charge in [0.25, 0.3) is 0 Å². The van der Waals surface area contributed by atoms with Gasteiger partial charge in [-0.3, -0.25) is 9.69 Å². The number of carbonyl (C=O) groups excluding carboxylic acids is 1. The Labute approximate surface area is 164 Å². The lowest BCUT2D eigenvalue weighted by atomic mass is 9.67. The largest absolute Gasteiger partial charge is 0.497 e. The van der Waals surface area contributed by atoms with Gasteiger partial charge in [-0.1, -0.05) is 19.1 Å². The average Bonchev–Trinajstić information content (AvgIpc) is 2.92. The van der Waals surface area contributed by atoms with Gasteiger partial charge in [-0.15, -0.1) is 0 Å². The van der Waals surface area contributed by atoms with E-state index >= 15 is 0 Å². The Morgan fingerprint density at radius 1 is 1.21 bits per heavy atom. The zero-order valence-electron chi connectivity index (χ0n) is 16.6. The molecule has 0 N–H and O–H groups in total. The maximum absolute atomic E-state index is 12.4. The number of methoxy groups -OCH3 is 1. The molecule has 6 atom stereocenters. The monoisotopic (exact) mass is 389 g/mol.